The number of hydrogen-bond acceptors (Lipinski definition) is 4. The molecule has 0 atom stereocenters. The summed E-state index contributed by atoms with van der Waals surface area (Å²) >= 11 is 12.5. The zero-order chi connectivity index (χ0) is 21.9. The molecular weight excluding hydrogens is 447 g/mol. The van der Waals surface area contributed by atoms with Crippen molar-refractivity contribution >= 4 is 39.1 Å². The number of carbonyl (C=O) groups excluding carboxylic acids is 1. The van der Waals surface area contributed by atoms with E-state index in [0.717, 1.165) is 12.0 Å². The van der Waals surface area contributed by atoms with Crippen LogP contribution in [0, 0.1) is 0 Å². The van der Waals surface area contributed by atoms with Crippen LogP contribution < -0.4 is 0 Å². The lowest BCUT2D eigenvalue weighted by Gasteiger charge is -2.27. The standard InChI is InChI=1S/C21H24Cl2N2O4S/c1-3-15-4-6-16(7-5-15)14-24(2)21(26)17-12-20(19(23)13-18(17)22)30(27,28)25-8-10-29-11-9-25/h4-7,12-13H,3,8-11,14H2,1-2H3. The lowest BCUT2D eigenvalue weighted by Crippen LogP contribution is -2.40. The van der Waals surface area contributed by atoms with Gasteiger partial charge in [0, 0.05) is 26.7 Å². The second-order valence-corrected chi connectivity index (χ2v) is 9.83. The highest BCUT2D eigenvalue weighted by molar-refractivity contribution is 7.89. The van der Waals surface area contributed by atoms with Crippen LogP contribution in [0.15, 0.2) is 41.3 Å². The zero-order valence-corrected chi connectivity index (χ0v) is 19.2. The number of hydrogen-bond donors (Lipinski definition) is 0. The maximum atomic E-state index is 13.0. The molecule has 0 N–H and O–H groups in total. The Morgan fingerprint density at radius 2 is 1.67 bits per heavy atom. The minimum absolute atomic E-state index is 0.0131. The molecule has 1 amide bonds. The maximum Gasteiger partial charge on any atom is 0.255 e. The molecule has 0 unspecified atom stereocenters. The summed E-state index contributed by atoms with van der Waals surface area (Å²) < 4.78 is 32.6. The monoisotopic (exact) mass is 470 g/mol. The Kier molecular flexibility index (Phi) is 7.42. The number of benzene rings is 2. The summed E-state index contributed by atoms with van der Waals surface area (Å²) in [6, 6.07) is 10.6. The van der Waals surface area contributed by atoms with Gasteiger partial charge in [-0.3, -0.25) is 4.79 Å². The van der Waals surface area contributed by atoms with E-state index in [9.17, 15) is 13.2 Å². The Labute approximate surface area is 187 Å². The largest absolute Gasteiger partial charge is 0.379 e. The van der Waals surface area contributed by atoms with Crippen molar-refractivity contribution in [2.75, 3.05) is 33.4 Å². The number of ether oxygens (including phenoxy) is 1. The highest BCUT2D eigenvalue weighted by Gasteiger charge is 2.30. The quantitative estimate of drug-likeness (QED) is 0.642. The van der Waals surface area contributed by atoms with Crippen LogP contribution in [0.25, 0.3) is 0 Å². The number of amides is 1. The van der Waals surface area contributed by atoms with Crippen molar-refractivity contribution in [1.82, 2.24) is 9.21 Å². The molecule has 2 aromatic carbocycles. The van der Waals surface area contributed by atoms with Gasteiger partial charge in [0.15, 0.2) is 0 Å². The van der Waals surface area contributed by atoms with Gasteiger partial charge in [-0.15, -0.1) is 0 Å². The molecule has 3 rings (SSSR count). The Morgan fingerprint density at radius 1 is 1.07 bits per heavy atom. The second-order valence-electron chi connectivity index (χ2n) is 7.11. The van der Waals surface area contributed by atoms with E-state index in [1.165, 1.54) is 26.9 Å². The van der Waals surface area contributed by atoms with Crippen molar-refractivity contribution in [3.8, 4) is 0 Å². The van der Waals surface area contributed by atoms with E-state index < -0.39 is 10.0 Å². The lowest BCUT2D eigenvalue weighted by molar-refractivity contribution is 0.0730. The third kappa shape index (κ3) is 4.98. The summed E-state index contributed by atoms with van der Waals surface area (Å²) in [6.45, 7) is 3.55. The van der Waals surface area contributed by atoms with Gasteiger partial charge in [0.2, 0.25) is 10.0 Å². The van der Waals surface area contributed by atoms with Gasteiger partial charge in [-0.25, -0.2) is 8.42 Å². The van der Waals surface area contributed by atoms with Crippen LogP contribution in [0.1, 0.15) is 28.4 Å². The van der Waals surface area contributed by atoms with E-state index in [2.05, 4.69) is 6.92 Å². The Balaban J connectivity index is 1.87. The SMILES string of the molecule is CCc1ccc(CN(C)C(=O)c2cc(S(=O)(=O)N3CCOCC3)c(Cl)cc2Cl)cc1. The van der Waals surface area contributed by atoms with E-state index >= 15 is 0 Å². The van der Waals surface area contributed by atoms with E-state index in [4.69, 9.17) is 27.9 Å². The fourth-order valence-corrected chi connectivity index (χ4v) is 5.48. The Morgan fingerprint density at radius 3 is 2.27 bits per heavy atom. The number of nitrogens with zero attached hydrogens (tertiary/aromatic N) is 2. The summed E-state index contributed by atoms with van der Waals surface area (Å²) in [7, 11) is -2.22. The number of morpholine rings is 1. The number of sulfonamides is 1. The average molecular weight is 471 g/mol. The van der Waals surface area contributed by atoms with Crippen molar-refractivity contribution in [3.63, 3.8) is 0 Å². The van der Waals surface area contributed by atoms with Gasteiger partial charge >= 0.3 is 0 Å². The third-order valence-electron chi connectivity index (χ3n) is 5.04. The van der Waals surface area contributed by atoms with Crippen molar-refractivity contribution < 1.29 is 17.9 Å². The first-order valence-corrected chi connectivity index (χ1v) is 11.8. The van der Waals surface area contributed by atoms with Gasteiger partial charge in [-0.1, -0.05) is 54.4 Å². The van der Waals surface area contributed by atoms with Crippen molar-refractivity contribution in [2.24, 2.45) is 0 Å². The summed E-state index contributed by atoms with van der Waals surface area (Å²) in [4.78, 5) is 14.4. The van der Waals surface area contributed by atoms with Crippen LogP contribution >= 0.6 is 23.2 Å². The summed E-state index contributed by atoms with van der Waals surface area (Å²) in [6.07, 6.45) is 0.940. The first-order chi connectivity index (χ1) is 14.2. The molecule has 1 aliphatic rings. The number of rotatable bonds is 6. The fraction of sp³-hybridized carbons (Fsp3) is 0.381. The normalized spacial score (nSPS) is 15.2. The van der Waals surface area contributed by atoms with Crippen LogP contribution in [0.3, 0.4) is 0 Å². The number of halogens is 2. The Bertz CT molecular complexity index is 1020. The van der Waals surface area contributed by atoms with Crippen molar-refractivity contribution in [3.05, 3.63) is 63.1 Å². The zero-order valence-electron chi connectivity index (χ0n) is 16.9. The molecule has 0 radical (unpaired) electrons. The molecule has 2 aromatic rings. The summed E-state index contributed by atoms with van der Waals surface area (Å²) in [5.41, 5.74) is 2.28. The van der Waals surface area contributed by atoms with E-state index in [0.29, 0.717) is 19.8 Å². The van der Waals surface area contributed by atoms with Gasteiger partial charge < -0.3 is 9.64 Å². The van der Waals surface area contributed by atoms with E-state index in [1.54, 1.807) is 7.05 Å². The van der Waals surface area contributed by atoms with Crippen LogP contribution in [-0.4, -0.2) is 56.9 Å². The topological polar surface area (TPSA) is 66.9 Å². The lowest BCUT2D eigenvalue weighted by atomic mass is 10.1. The predicted octanol–water partition coefficient (Wildman–Crippen LogP) is 3.85. The van der Waals surface area contributed by atoms with Crippen LogP contribution in [0.4, 0.5) is 0 Å². The predicted molar refractivity (Wildman–Crippen MR) is 118 cm³/mol. The molecule has 1 saturated heterocycles. The van der Waals surface area contributed by atoms with Gasteiger partial charge in [-0.2, -0.15) is 4.31 Å². The average Bonchev–Trinajstić information content (AvgIpc) is 2.74. The number of aryl methyl sites for hydroxylation is 1. The first kappa shape index (κ1) is 23.0. The number of carbonyl (C=O) groups is 1. The van der Waals surface area contributed by atoms with Crippen molar-refractivity contribution in [2.45, 2.75) is 24.8 Å². The minimum Gasteiger partial charge on any atom is -0.379 e. The highest BCUT2D eigenvalue weighted by atomic mass is 35.5. The molecule has 0 spiro atoms. The Hall–Kier alpha value is -1.64. The molecule has 0 aromatic heterocycles. The van der Waals surface area contributed by atoms with E-state index in [1.807, 2.05) is 24.3 Å². The highest BCUT2D eigenvalue weighted by Crippen LogP contribution is 2.31. The van der Waals surface area contributed by atoms with Crippen LogP contribution in [-0.2, 0) is 27.7 Å². The minimum atomic E-state index is -3.87. The molecular formula is C21H24Cl2N2O4S. The molecule has 30 heavy (non-hydrogen) atoms. The van der Waals surface area contributed by atoms with Gasteiger partial charge in [0.25, 0.3) is 5.91 Å². The molecule has 1 fully saturated rings. The maximum absolute atomic E-state index is 13.0. The molecule has 1 aliphatic heterocycles. The molecule has 0 bridgehead atoms. The smallest absolute Gasteiger partial charge is 0.255 e. The summed E-state index contributed by atoms with van der Waals surface area (Å²) in [5.74, 6) is -0.380. The molecule has 162 valence electrons. The van der Waals surface area contributed by atoms with Crippen LogP contribution in [0.5, 0.6) is 0 Å². The van der Waals surface area contributed by atoms with Gasteiger partial charge in [0.05, 0.1) is 28.8 Å². The molecule has 0 aliphatic carbocycles. The second kappa shape index (κ2) is 9.66. The molecule has 0 saturated carbocycles. The third-order valence-corrected chi connectivity index (χ3v) is 7.71. The van der Waals surface area contributed by atoms with Gasteiger partial charge in [-0.05, 0) is 29.7 Å². The van der Waals surface area contributed by atoms with Crippen LogP contribution in [0.2, 0.25) is 10.0 Å². The molecule has 9 heteroatoms. The summed E-state index contributed by atoms with van der Waals surface area (Å²) in [5, 5.41) is 0.0972. The fourth-order valence-electron chi connectivity index (χ4n) is 3.25. The van der Waals surface area contributed by atoms with Crippen molar-refractivity contribution in [1.29, 1.82) is 0 Å². The molecule has 6 nitrogen and oxygen atoms in total. The van der Waals surface area contributed by atoms with Gasteiger partial charge in [0.1, 0.15) is 4.90 Å². The molecule has 1 heterocycles. The van der Waals surface area contributed by atoms with E-state index in [-0.39, 0.29) is 39.5 Å². The first-order valence-electron chi connectivity index (χ1n) is 9.64.